The molecule has 0 spiro atoms. The van der Waals surface area contributed by atoms with Crippen molar-refractivity contribution in [3.63, 3.8) is 0 Å². The second-order valence-electron chi connectivity index (χ2n) is 5.29. The molecule has 0 unspecified atom stereocenters. The molecule has 1 aromatic rings. The molecule has 0 saturated carbocycles. The number of carbonyl (C=O) groups excluding carboxylic acids is 1. The Bertz CT molecular complexity index is 524. The number of amides is 2. The van der Waals surface area contributed by atoms with Gasteiger partial charge in [0.05, 0.1) is 15.7 Å². The summed E-state index contributed by atoms with van der Waals surface area (Å²) in [7, 11) is 0. The SMILES string of the molecule is CCC1(C(=O)O)CCN(C(=O)NCc2ccc(Br)s2)CC1. The molecule has 7 heteroatoms. The lowest BCUT2D eigenvalue weighted by atomic mass is 9.76. The number of carboxylic acid groups (broad SMARTS) is 1. The first-order valence-corrected chi connectivity index (χ1v) is 8.58. The standard InChI is InChI=1S/C14H19BrN2O3S/c1-2-14(12(18)19)5-7-17(8-6-14)13(20)16-9-10-3-4-11(15)21-10/h3-4H,2,5-9H2,1H3,(H,16,20)(H,18,19). The topological polar surface area (TPSA) is 69.6 Å². The first-order valence-electron chi connectivity index (χ1n) is 6.97. The molecular weight excluding hydrogens is 356 g/mol. The van der Waals surface area contributed by atoms with Gasteiger partial charge in [0, 0.05) is 18.0 Å². The van der Waals surface area contributed by atoms with E-state index in [1.165, 1.54) is 0 Å². The maximum absolute atomic E-state index is 12.1. The number of rotatable bonds is 4. The molecule has 1 aliphatic heterocycles. The van der Waals surface area contributed by atoms with Crippen LogP contribution in [-0.2, 0) is 11.3 Å². The Kier molecular flexibility index (Phi) is 5.27. The summed E-state index contributed by atoms with van der Waals surface area (Å²) >= 11 is 4.98. The van der Waals surface area contributed by atoms with Gasteiger partial charge in [-0.25, -0.2) is 4.79 Å². The summed E-state index contributed by atoms with van der Waals surface area (Å²) in [6, 6.07) is 3.81. The van der Waals surface area contributed by atoms with Gasteiger partial charge in [-0.3, -0.25) is 4.79 Å². The molecule has 2 heterocycles. The molecule has 0 aromatic carbocycles. The number of piperidine rings is 1. The average Bonchev–Trinajstić information content (AvgIpc) is 2.90. The molecule has 116 valence electrons. The molecule has 1 fully saturated rings. The third kappa shape index (κ3) is 3.77. The highest BCUT2D eigenvalue weighted by atomic mass is 79.9. The lowest BCUT2D eigenvalue weighted by molar-refractivity contribution is -0.151. The molecule has 2 rings (SSSR count). The van der Waals surface area contributed by atoms with Crippen LogP contribution in [0.25, 0.3) is 0 Å². The second-order valence-corrected chi connectivity index (χ2v) is 7.84. The van der Waals surface area contributed by atoms with Crippen molar-refractivity contribution in [3.8, 4) is 0 Å². The second kappa shape index (κ2) is 6.79. The van der Waals surface area contributed by atoms with Crippen molar-refractivity contribution in [3.05, 3.63) is 20.8 Å². The summed E-state index contributed by atoms with van der Waals surface area (Å²) in [6.45, 7) is 3.40. The minimum absolute atomic E-state index is 0.116. The van der Waals surface area contributed by atoms with Crippen molar-refractivity contribution in [2.24, 2.45) is 5.41 Å². The number of carbonyl (C=O) groups is 2. The van der Waals surface area contributed by atoms with Gasteiger partial charge in [0.25, 0.3) is 0 Å². The molecule has 0 atom stereocenters. The molecule has 0 radical (unpaired) electrons. The minimum atomic E-state index is -0.742. The van der Waals surface area contributed by atoms with E-state index in [2.05, 4.69) is 21.2 Å². The lowest BCUT2D eigenvalue weighted by Crippen LogP contribution is -2.49. The Labute approximate surface area is 136 Å². The number of thiophene rings is 1. The van der Waals surface area contributed by atoms with Crippen molar-refractivity contribution in [1.82, 2.24) is 10.2 Å². The number of urea groups is 1. The highest BCUT2D eigenvalue weighted by Crippen LogP contribution is 2.35. The van der Waals surface area contributed by atoms with Crippen LogP contribution < -0.4 is 5.32 Å². The Balaban J connectivity index is 1.84. The zero-order valence-corrected chi connectivity index (χ0v) is 14.3. The van der Waals surface area contributed by atoms with Crippen LogP contribution in [0, 0.1) is 5.41 Å². The van der Waals surface area contributed by atoms with E-state index in [4.69, 9.17) is 0 Å². The van der Waals surface area contributed by atoms with E-state index in [-0.39, 0.29) is 6.03 Å². The number of aliphatic carboxylic acids is 1. The number of hydrogen-bond acceptors (Lipinski definition) is 3. The minimum Gasteiger partial charge on any atom is -0.481 e. The highest BCUT2D eigenvalue weighted by Gasteiger charge is 2.40. The quantitative estimate of drug-likeness (QED) is 0.849. The molecule has 1 aromatic heterocycles. The third-order valence-corrected chi connectivity index (χ3v) is 5.80. The van der Waals surface area contributed by atoms with E-state index in [1.54, 1.807) is 16.2 Å². The van der Waals surface area contributed by atoms with Gasteiger partial charge in [0.2, 0.25) is 0 Å². The van der Waals surface area contributed by atoms with Crippen LogP contribution in [-0.4, -0.2) is 35.1 Å². The molecule has 21 heavy (non-hydrogen) atoms. The highest BCUT2D eigenvalue weighted by molar-refractivity contribution is 9.11. The van der Waals surface area contributed by atoms with Crippen molar-refractivity contribution >= 4 is 39.3 Å². The maximum atomic E-state index is 12.1. The number of nitrogens with one attached hydrogen (secondary N) is 1. The van der Waals surface area contributed by atoms with Gasteiger partial charge in [-0.15, -0.1) is 11.3 Å². The number of likely N-dealkylation sites (tertiary alicyclic amines) is 1. The zero-order chi connectivity index (χ0) is 15.5. The average molecular weight is 375 g/mol. The van der Waals surface area contributed by atoms with E-state index in [0.29, 0.717) is 38.9 Å². The Morgan fingerprint density at radius 3 is 2.57 bits per heavy atom. The monoisotopic (exact) mass is 374 g/mol. The van der Waals surface area contributed by atoms with Crippen molar-refractivity contribution < 1.29 is 14.7 Å². The van der Waals surface area contributed by atoms with Gasteiger partial charge < -0.3 is 15.3 Å². The predicted octanol–water partition coefficient (Wildman–Crippen LogP) is 3.30. The summed E-state index contributed by atoms with van der Waals surface area (Å²) in [5, 5.41) is 12.2. The smallest absolute Gasteiger partial charge is 0.317 e. The third-order valence-electron chi connectivity index (χ3n) is 4.18. The first kappa shape index (κ1) is 16.3. The fourth-order valence-corrected chi connectivity index (χ4v) is 4.00. The molecule has 1 aliphatic rings. The van der Waals surface area contributed by atoms with E-state index in [9.17, 15) is 14.7 Å². The molecule has 0 bridgehead atoms. The predicted molar refractivity (Wildman–Crippen MR) is 85.4 cm³/mol. The van der Waals surface area contributed by atoms with E-state index in [1.807, 2.05) is 19.1 Å². The molecule has 5 nitrogen and oxygen atoms in total. The number of hydrogen-bond donors (Lipinski definition) is 2. The number of carboxylic acids is 1. The number of halogens is 1. The molecule has 2 amide bonds. The van der Waals surface area contributed by atoms with Crippen LogP contribution in [0.1, 0.15) is 31.1 Å². The van der Waals surface area contributed by atoms with E-state index in [0.717, 1.165) is 8.66 Å². The first-order chi connectivity index (χ1) is 9.97. The van der Waals surface area contributed by atoms with Crippen LogP contribution >= 0.6 is 27.3 Å². The maximum Gasteiger partial charge on any atom is 0.317 e. The van der Waals surface area contributed by atoms with Gasteiger partial charge in [-0.2, -0.15) is 0 Å². The summed E-state index contributed by atoms with van der Waals surface area (Å²) in [4.78, 5) is 26.3. The largest absolute Gasteiger partial charge is 0.481 e. The molecular formula is C14H19BrN2O3S. The van der Waals surface area contributed by atoms with Gasteiger partial charge in [0.15, 0.2) is 0 Å². The zero-order valence-electron chi connectivity index (χ0n) is 11.9. The van der Waals surface area contributed by atoms with E-state index < -0.39 is 11.4 Å². The summed E-state index contributed by atoms with van der Waals surface area (Å²) in [6.07, 6.45) is 1.66. The van der Waals surface area contributed by atoms with Gasteiger partial charge in [0.1, 0.15) is 0 Å². The van der Waals surface area contributed by atoms with Crippen LogP contribution in [0.3, 0.4) is 0 Å². The van der Waals surface area contributed by atoms with Crippen molar-refractivity contribution in [1.29, 1.82) is 0 Å². The molecule has 2 N–H and O–H groups in total. The Morgan fingerprint density at radius 1 is 1.43 bits per heavy atom. The summed E-state index contributed by atoms with van der Waals surface area (Å²) in [5.74, 6) is -0.742. The summed E-state index contributed by atoms with van der Waals surface area (Å²) < 4.78 is 1.04. The van der Waals surface area contributed by atoms with Gasteiger partial charge in [-0.05, 0) is 47.3 Å². The van der Waals surface area contributed by atoms with Crippen LogP contribution in [0.4, 0.5) is 4.79 Å². The van der Waals surface area contributed by atoms with Crippen molar-refractivity contribution in [2.75, 3.05) is 13.1 Å². The Morgan fingerprint density at radius 2 is 2.10 bits per heavy atom. The van der Waals surface area contributed by atoms with Crippen LogP contribution in [0.2, 0.25) is 0 Å². The Hall–Kier alpha value is -1.08. The molecule has 0 aliphatic carbocycles. The summed E-state index contributed by atoms with van der Waals surface area (Å²) in [5.41, 5.74) is -0.657. The molecule has 1 saturated heterocycles. The van der Waals surface area contributed by atoms with Crippen LogP contribution in [0.5, 0.6) is 0 Å². The van der Waals surface area contributed by atoms with E-state index >= 15 is 0 Å². The van der Waals surface area contributed by atoms with Crippen molar-refractivity contribution in [2.45, 2.75) is 32.7 Å². The fourth-order valence-electron chi connectivity index (χ4n) is 2.58. The number of nitrogens with zero attached hydrogens (tertiary/aromatic N) is 1. The normalized spacial score (nSPS) is 17.5. The fraction of sp³-hybridized carbons (Fsp3) is 0.571. The van der Waals surface area contributed by atoms with Gasteiger partial charge >= 0.3 is 12.0 Å². The van der Waals surface area contributed by atoms with Gasteiger partial charge in [-0.1, -0.05) is 6.92 Å². The van der Waals surface area contributed by atoms with Crippen LogP contribution in [0.15, 0.2) is 15.9 Å². The lowest BCUT2D eigenvalue weighted by Gasteiger charge is -2.38.